The lowest BCUT2D eigenvalue weighted by Gasteiger charge is -2.34. The molecule has 1 aliphatic rings. The Bertz CT molecular complexity index is 2170. The summed E-state index contributed by atoms with van der Waals surface area (Å²) in [6, 6.07) is 11.4. The van der Waals surface area contributed by atoms with Gasteiger partial charge in [0.2, 0.25) is 21.9 Å². The van der Waals surface area contributed by atoms with Gasteiger partial charge in [0.25, 0.3) is 0 Å². The Kier molecular flexibility index (Phi) is 9.64. The maximum absolute atomic E-state index is 15.6. The first-order valence-corrected chi connectivity index (χ1v) is 18.8. The molecule has 50 heavy (non-hydrogen) atoms. The van der Waals surface area contributed by atoms with E-state index in [9.17, 15) is 13.2 Å². The molecule has 1 amide bonds. The molecule has 3 aromatic heterocycles. The zero-order valence-corrected chi connectivity index (χ0v) is 30.2. The third-order valence-corrected chi connectivity index (χ3v) is 9.72. The highest BCUT2D eigenvalue weighted by Gasteiger charge is 2.30. The van der Waals surface area contributed by atoms with Gasteiger partial charge in [-0.1, -0.05) is 12.1 Å². The molecule has 12 nitrogen and oxygen atoms in total. The summed E-state index contributed by atoms with van der Waals surface area (Å²) < 4.78 is 54.8. The molecule has 1 aliphatic heterocycles. The minimum absolute atomic E-state index is 0.0799. The van der Waals surface area contributed by atoms with Gasteiger partial charge >= 0.3 is 6.09 Å². The zero-order chi connectivity index (χ0) is 35.8. The summed E-state index contributed by atoms with van der Waals surface area (Å²) in [5.41, 5.74) is 1.10. The Labute approximate surface area is 294 Å². The Morgan fingerprint density at radius 1 is 1.06 bits per heavy atom. The second-order valence-corrected chi connectivity index (χ2v) is 16.0. The van der Waals surface area contributed by atoms with E-state index >= 15 is 4.39 Å². The van der Waals surface area contributed by atoms with Crippen LogP contribution in [0.3, 0.4) is 0 Å². The molecule has 1 saturated heterocycles. The van der Waals surface area contributed by atoms with Gasteiger partial charge in [0.05, 0.1) is 22.5 Å². The Morgan fingerprint density at radius 2 is 1.84 bits per heavy atom. The number of benzene rings is 2. The van der Waals surface area contributed by atoms with Crippen LogP contribution >= 0.6 is 11.3 Å². The number of likely N-dealkylation sites (tertiary alicyclic amines) is 1. The highest BCUT2D eigenvalue weighted by molar-refractivity contribution is 7.92. The van der Waals surface area contributed by atoms with Crippen LogP contribution in [0.15, 0.2) is 60.2 Å². The number of anilines is 3. The van der Waals surface area contributed by atoms with Crippen LogP contribution in [0.2, 0.25) is 0 Å². The molecule has 15 heteroatoms. The first-order chi connectivity index (χ1) is 23.7. The van der Waals surface area contributed by atoms with Gasteiger partial charge in [-0.25, -0.2) is 41.8 Å². The number of aryl methyl sites for hydroxylation is 2. The SMILES string of the molecule is Cc1nc(N(c2c(F)ccc3c(Oc4ncccc4-c4ccnc(NC5CCCN(C(=O)OC(C)(C)C)C5)n4)c(C)ccc23)S(C)(=O)=O)cs1. The number of halogens is 1. The van der Waals surface area contributed by atoms with Crippen LogP contribution in [0.5, 0.6) is 11.6 Å². The fourth-order valence-electron chi connectivity index (χ4n) is 5.79. The number of hydrogen-bond donors (Lipinski definition) is 1. The van der Waals surface area contributed by atoms with E-state index < -0.39 is 21.4 Å². The molecule has 5 aromatic rings. The predicted molar refractivity (Wildman–Crippen MR) is 192 cm³/mol. The highest BCUT2D eigenvalue weighted by Crippen LogP contribution is 2.43. The third kappa shape index (κ3) is 7.63. The van der Waals surface area contributed by atoms with Gasteiger partial charge < -0.3 is 19.7 Å². The summed E-state index contributed by atoms with van der Waals surface area (Å²) in [6.45, 7) is 10.2. The van der Waals surface area contributed by atoms with Crippen LogP contribution in [-0.4, -0.2) is 70.3 Å². The van der Waals surface area contributed by atoms with Crippen molar-refractivity contribution in [1.82, 2.24) is 24.8 Å². The fourth-order valence-corrected chi connectivity index (χ4v) is 7.39. The van der Waals surface area contributed by atoms with E-state index in [-0.39, 0.29) is 29.5 Å². The maximum atomic E-state index is 15.6. The number of aromatic nitrogens is 4. The van der Waals surface area contributed by atoms with Crippen LogP contribution in [-0.2, 0) is 14.8 Å². The number of nitrogens with zero attached hydrogens (tertiary/aromatic N) is 6. The molecular formula is C35H38FN7O5S2. The normalized spacial score (nSPS) is 15.2. The molecule has 1 N–H and O–H groups in total. The van der Waals surface area contributed by atoms with Crippen molar-refractivity contribution in [2.45, 2.75) is 59.1 Å². The van der Waals surface area contributed by atoms with E-state index in [1.807, 2.05) is 33.8 Å². The van der Waals surface area contributed by atoms with E-state index in [1.54, 1.807) is 59.9 Å². The molecule has 0 saturated carbocycles. The number of fused-ring (bicyclic) bond motifs is 1. The quantitative estimate of drug-likeness (QED) is 0.170. The van der Waals surface area contributed by atoms with E-state index in [4.69, 9.17) is 14.5 Å². The molecule has 0 aliphatic carbocycles. The van der Waals surface area contributed by atoms with Gasteiger partial charge in [0, 0.05) is 47.7 Å². The number of amides is 1. The lowest BCUT2D eigenvalue weighted by atomic mass is 10.0. The van der Waals surface area contributed by atoms with Gasteiger partial charge in [0.1, 0.15) is 22.9 Å². The van der Waals surface area contributed by atoms with E-state index in [0.717, 1.165) is 29.0 Å². The molecule has 2 aromatic carbocycles. The number of sulfonamides is 1. The largest absolute Gasteiger partial charge is 0.444 e. The molecule has 0 radical (unpaired) electrons. The van der Waals surface area contributed by atoms with Crippen molar-refractivity contribution in [2.75, 3.05) is 29.0 Å². The first-order valence-electron chi connectivity index (χ1n) is 16.0. The maximum Gasteiger partial charge on any atom is 0.410 e. The minimum Gasteiger partial charge on any atom is -0.444 e. The zero-order valence-electron chi connectivity index (χ0n) is 28.6. The number of thiazole rings is 1. The number of pyridine rings is 1. The van der Waals surface area contributed by atoms with E-state index in [1.165, 1.54) is 17.4 Å². The lowest BCUT2D eigenvalue weighted by Crippen LogP contribution is -2.47. The van der Waals surface area contributed by atoms with Crippen molar-refractivity contribution < 1.29 is 27.1 Å². The molecular weight excluding hydrogens is 682 g/mol. The summed E-state index contributed by atoms with van der Waals surface area (Å²) in [4.78, 5) is 32.4. The number of nitrogens with one attached hydrogen (secondary N) is 1. The molecule has 4 heterocycles. The molecule has 6 rings (SSSR count). The first kappa shape index (κ1) is 35.0. The Hall–Kier alpha value is -4.89. The highest BCUT2D eigenvalue weighted by atomic mass is 32.2. The third-order valence-electron chi connectivity index (χ3n) is 7.93. The standard InChI is InChI=1S/C35H38FN7O5S2/c1-21-11-12-24-25(13-14-27(36)30(24)43(50(6,45)46)29-20-49-22(2)39-29)31(21)47-32-26(10-7-16-37-32)28-15-17-38-33(41-28)40-23-9-8-18-42(19-23)34(44)48-35(3,4)5/h7,10-17,20,23H,8-9,18-19H2,1-6H3,(H,38,40,41). The number of hydrogen-bond acceptors (Lipinski definition) is 11. The number of piperidine rings is 1. The molecule has 262 valence electrons. The minimum atomic E-state index is -3.99. The number of ether oxygens (including phenoxy) is 2. The van der Waals surface area contributed by atoms with Gasteiger partial charge in [-0.05, 0) is 83.4 Å². The topological polar surface area (TPSA) is 140 Å². The summed E-state index contributed by atoms with van der Waals surface area (Å²) in [7, 11) is -3.99. The second kappa shape index (κ2) is 13.8. The van der Waals surface area contributed by atoms with Crippen LogP contribution in [0, 0.1) is 19.7 Å². The molecule has 1 atom stereocenters. The van der Waals surface area contributed by atoms with Gasteiger partial charge in [-0.15, -0.1) is 11.3 Å². The summed E-state index contributed by atoms with van der Waals surface area (Å²) in [5, 5.41) is 6.39. The summed E-state index contributed by atoms with van der Waals surface area (Å²) in [6.07, 6.45) is 5.52. The predicted octanol–water partition coefficient (Wildman–Crippen LogP) is 7.61. The van der Waals surface area contributed by atoms with E-state index in [0.29, 0.717) is 51.8 Å². The van der Waals surface area contributed by atoms with E-state index in [2.05, 4.69) is 20.3 Å². The average molecular weight is 720 g/mol. The Balaban J connectivity index is 1.32. The second-order valence-electron chi connectivity index (χ2n) is 13.1. The fraction of sp³-hybridized carbons (Fsp3) is 0.343. The van der Waals surface area contributed by atoms with Crippen molar-refractivity contribution >= 4 is 55.7 Å². The Morgan fingerprint density at radius 3 is 2.56 bits per heavy atom. The van der Waals surface area contributed by atoms with Crippen molar-refractivity contribution in [3.8, 4) is 22.9 Å². The van der Waals surface area contributed by atoms with Crippen molar-refractivity contribution in [1.29, 1.82) is 0 Å². The van der Waals surface area contributed by atoms with Gasteiger partial charge in [-0.2, -0.15) is 0 Å². The molecule has 1 unspecified atom stereocenters. The number of rotatable bonds is 8. The number of carbonyl (C=O) groups excluding carboxylic acids is 1. The van der Waals surface area contributed by atoms with Crippen LogP contribution in [0.25, 0.3) is 22.0 Å². The van der Waals surface area contributed by atoms with Crippen LogP contribution < -0.4 is 14.4 Å². The summed E-state index contributed by atoms with van der Waals surface area (Å²) in [5.74, 6) is 0.379. The van der Waals surface area contributed by atoms with Gasteiger partial charge in [-0.3, -0.25) is 0 Å². The van der Waals surface area contributed by atoms with Crippen molar-refractivity contribution in [3.63, 3.8) is 0 Å². The summed E-state index contributed by atoms with van der Waals surface area (Å²) >= 11 is 1.27. The van der Waals surface area contributed by atoms with Crippen LogP contribution in [0.1, 0.15) is 44.2 Å². The smallest absolute Gasteiger partial charge is 0.410 e. The molecule has 0 spiro atoms. The monoisotopic (exact) mass is 719 g/mol. The van der Waals surface area contributed by atoms with Crippen molar-refractivity contribution in [3.05, 3.63) is 76.6 Å². The lowest BCUT2D eigenvalue weighted by molar-refractivity contribution is 0.0206. The molecule has 0 bridgehead atoms. The average Bonchev–Trinajstić information content (AvgIpc) is 3.47. The number of carbonyl (C=O) groups is 1. The molecule has 1 fully saturated rings. The van der Waals surface area contributed by atoms with Crippen LogP contribution in [0.4, 0.5) is 26.6 Å². The van der Waals surface area contributed by atoms with Gasteiger partial charge in [0.15, 0.2) is 5.82 Å². The van der Waals surface area contributed by atoms with Crippen molar-refractivity contribution in [2.24, 2.45) is 0 Å².